The second-order valence-electron chi connectivity index (χ2n) is 7.09. The molecular weight excluding hydrogens is 377 g/mol. The summed E-state index contributed by atoms with van der Waals surface area (Å²) in [5, 5.41) is 9.22. The summed E-state index contributed by atoms with van der Waals surface area (Å²) >= 11 is 0. The number of hydrogen-bond acceptors (Lipinski definition) is 2. The minimum Gasteiger partial charge on any atom is -0.508 e. The van der Waals surface area contributed by atoms with E-state index in [9.17, 15) is 18.3 Å². The van der Waals surface area contributed by atoms with Crippen LogP contribution in [0.15, 0.2) is 67.0 Å². The minimum atomic E-state index is -1.12. The van der Waals surface area contributed by atoms with Crippen molar-refractivity contribution in [1.29, 1.82) is 0 Å². The summed E-state index contributed by atoms with van der Waals surface area (Å²) in [6.07, 6.45) is 4.48. The number of phenols is 1. The lowest BCUT2D eigenvalue weighted by molar-refractivity contribution is 0.280. The third kappa shape index (κ3) is 9.55. The van der Waals surface area contributed by atoms with E-state index in [4.69, 9.17) is 0 Å². The van der Waals surface area contributed by atoms with E-state index in [0.29, 0.717) is 18.4 Å². The Hall–Kier alpha value is -2.43. The Bertz CT molecular complexity index is 723. The molecule has 162 valence electrons. The van der Waals surface area contributed by atoms with Gasteiger partial charge >= 0.3 is 0 Å². The third-order valence-corrected chi connectivity index (χ3v) is 4.60. The first kappa shape index (κ1) is 26.6. The molecule has 0 spiro atoms. The van der Waals surface area contributed by atoms with Crippen LogP contribution < -0.4 is 0 Å². The van der Waals surface area contributed by atoms with Crippen LogP contribution in [0.5, 0.6) is 5.75 Å². The van der Waals surface area contributed by atoms with Crippen molar-refractivity contribution in [2.75, 3.05) is 7.11 Å². The maximum atomic E-state index is 14.1. The molecule has 0 heterocycles. The van der Waals surface area contributed by atoms with Crippen LogP contribution in [0.25, 0.3) is 0 Å². The van der Waals surface area contributed by atoms with Crippen molar-refractivity contribution in [2.24, 2.45) is 11.8 Å². The summed E-state index contributed by atoms with van der Waals surface area (Å²) in [5.41, 5.74) is 0.638. The number of benzene rings is 1. The zero-order valence-electron chi connectivity index (χ0n) is 17.9. The van der Waals surface area contributed by atoms with Gasteiger partial charge in [-0.3, -0.25) is 0 Å². The van der Waals surface area contributed by atoms with Gasteiger partial charge in [-0.05, 0) is 55.2 Å². The molecule has 0 bridgehead atoms. The van der Waals surface area contributed by atoms with E-state index in [-0.39, 0.29) is 28.9 Å². The quantitative estimate of drug-likeness (QED) is 0.245. The molecule has 0 fully saturated rings. The lowest BCUT2D eigenvalue weighted by Gasteiger charge is -2.17. The molecule has 1 rings (SSSR count). The van der Waals surface area contributed by atoms with E-state index in [1.165, 1.54) is 13.2 Å². The summed E-state index contributed by atoms with van der Waals surface area (Å²) in [5.74, 6) is -2.98. The molecule has 0 saturated heterocycles. The van der Waals surface area contributed by atoms with Gasteiger partial charge < -0.3 is 9.84 Å². The number of allylic oxidation sites excluding steroid dienone is 4. The van der Waals surface area contributed by atoms with Crippen molar-refractivity contribution in [3.05, 3.63) is 78.4 Å². The molecule has 0 radical (unpaired) electrons. The Morgan fingerprint density at radius 3 is 2.24 bits per heavy atom. The highest BCUT2D eigenvalue weighted by atomic mass is 19.2. The van der Waals surface area contributed by atoms with E-state index in [0.717, 1.165) is 18.9 Å². The van der Waals surface area contributed by atoms with Crippen molar-refractivity contribution < 1.29 is 23.0 Å². The summed E-state index contributed by atoms with van der Waals surface area (Å²) in [6.45, 7) is 16.0. The van der Waals surface area contributed by atoms with Crippen LogP contribution in [0, 0.1) is 17.7 Å². The predicted octanol–water partition coefficient (Wildman–Crippen LogP) is 7.58. The Kier molecular flexibility index (Phi) is 12.5. The van der Waals surface area contributed by atoms with Crippen LogP contribution in [0.1, 0.15) is 45.6 Å². The molecule has 0 aliphatic heterocycles. The van der Waals surface area contributed by atoms with Crippen LogP contribution in [0.3, 0.4) is 0 Å². The van der Waals surface area contributed by atoms with Crippen molar-refractivity contribution in [3.8, 4) is 5.75 Å². The van der Waals surface area contributed by atoms with E-state index in [2.05, 4.69) is 24.5 Å². The molecule has 1 aromatic carbocycles. The summed E-state index contributed by atoms with van der Waals surface area (Å²) in [7, 11) is 1.22. The van der Waals surface area contributed by atoms with Crippen LogP contribution in [-0.4, -0.2) is 12.2 Å². The molecule has 0 aromatic heterocycles. The molecule has 1 aromatic rings. The number of methoxy groups -OCH3 is 1. The van der Waals surface area contributed by atoms with Gasteiger partial charge in [0, 0.05) is 6.07 Å². The zero-order chi connectivity index (χ0) is 22.6. The van der Waals surface area contributed by atoms with E-state index in [1.807, 2.05) is 13.8 Å². The van der Waals surface area contributed by atoms with Gasteiger partial charge in [0.25, 0.3) is 0 Å². The van der Waals surface area contributed by atoms with Gasteiger partial charge in [-0.25, -0.2) is 8.78 Å². The van der Waals surface area contributed by atoms with Crippen LogP contribution in [0.2, 0.25) is 0 Å². The molecule has 5 heteroatoms. The number of rotatable bonds is 10. The minimum absolute atomic E-state index is 0.0810. The monoisotopic (exact) mass is 410 g/mol. The smallest absolute Gasteiger partial charge is 0.200 e. The molecule has 2 unspecified atom stereocenters. The van der Waals surface area contributed by atoms with E-state index >= 15 is 0 Å². The largest absolute Gasteiger partial charge is 0.508 e. The van der Waals surface area contributed by atoms with Gasteiger partial charge in [0.1, 0.15) is 17.3 Å². The number of hydrogen-bond donors (Lipinski definition) is 1. The average molecular weight is 411 g/mol. The first-order valence-electron chi connectivity index (χ1n) is 9.61. The van der Waals surface area contributed by atoms with Gasteiger partial charge in [0.05, 0.1) is 7.11 Å². The first-order chi connectivity index (χ1) is 13.6. The predicted molar refractivity (Wildman–Crippen MR) is 114 cm³/mol. The average Bonchev–Trinajstić information content (AvgIpc) is 2.69. The second-order valence-corrected chi connectivity index (χ2v) is 7.09. The van der Waals surface area contributed by atoms with Crippen molar-refractivity contribution >= 4 is 0 Å². The van der Waals surface area contributed by atoms with E-state index in [1.54, 1.807) is 19.1 Å². The van der Waals surface area contributed by atoms with E-state index < -0.39 is 17.5 Å². The Labute approximate surface area is 173 Å². The summed E-state index contributed by atoms with van der Waals surface area (Å²) < 4.78 is 46.1. The summed E-state index contributed by atoms with van der Waals surface area (Å²) in [4.78, 5) is 0. The Balaban J connectivity index is 0.00000245. The Morgan fingerprint density at radius 2 is 1.72 bits per heavy atom. The number of phenolic OH excluding ortho intramolecular Hbond substituents is 1. The number of ether oxygens (including phenoxy) is 1. The van der Waals surface area contributed by atoms with Crippen LogP contribution in [0.4, 0.5) is 13.2 Å². The normalized spacial score (nSPS) is 13.3. The first-order valence-corrected chi connectivity index (χ1v) is 9.61. The third-order valence-electron chi connectivity index (χ3n) is 4.60. The standard InChI is InChI=1S/C21H27F3O2.C3H6/c1-13(7-9-17-10-11-18(25)12-19(17)22)6-8-14(2)15(3)20(23)21(24)16(4)26-5;1-3-2/h10-14,25H,3-4,6-9H2,1-2,5H3;3H,1H2,2H3/b21-20-;. The molecule has 0 aliphatic carbocycles. The molecule has 0 saturated carbocycles. The highest BCUT2D eigenvalue weighted by Gasteiger charge is 2.19. The fraction of sp³-hybridized carbons (Fsp3) is 0.417. The zero-order valence-corrected chi connectivity index (χ0v) is 17.9. The SMILES string of the molecule is C=C(OC)/C(F)=C(/F)C(=C)C(C)CCC(C)CCc1ccc(O)cc1F.C=CC. The summed E-state index contributed by atoms with van der Waals surface area (Å²) in [6, 6.07) is 4.14. The highest BCUT2D eigenvalue weighted by molar-refractivity contribution is 5.33. The van der Waals surface area contributed by atoms with Gasteiger partial charge in [0.15, 0.2) is 11.7 Å². The molecular formula is C24H33F3O2. The van der Waals surface area contributed by atoms with Crippen molar-refractivity contribution in [1.82, 2.24) is 0 Å². The maximum Gasteiger partial charge on any atom is 0.200 e. The topological polar surface area (TPSA) is 29.5 Å². The lowest BCUT2D eigenvalue weighted by atomic mass is 9.89. The van der Waals surface area contributed by atoms with Crippen LogP contribution in [-0.2, 0) is 11.2 Å². The fourth-order valence-corrected chi connectivity index (χ4v) is 2.56. The van der Waals surface area contributed by atoms with Gasteiger partial charge in [-0.15, -0.1) is 6.58 Å². The molecule has 0 aliphatic rings. The molecule has 0 amide bonds. The number of aromatic hydroxyl groups is 1. The maximum absolute atomic E-state index is 14.1. The van der Waals surface area contributed by atoms with Crippen LogP contribution >= 0.6 is 0 Å². The number of halogens is 3. The number of aryl methyl sites for hydroxylation is 1. The molecule has 2 nitrogen and oxygen atoms in total. The molecule has 2 atom stereocenters. The van der Waals surface area contributed by atoms with Gasteiger partial charge in [-0.1, -0.05) is 45.6 Å². The second kappa shape index (κ2) is 13.7. The van der Waals surface area contributed by atoms with Crippen molar-refractivity contribution in [2.45, 2.75) is 46.5 Å². The molecule has 1 N–H and O–H groups in total. The van der Waals surface area contributed by atoms with Crippen molar-refractivity contribution in [3.63, 3.8) is 0 Å². The fourth-order valence-electron chi connectivity index (χ4n) is 2.56. The lowest BCUT2D eigenvalue weighted by Crippen LogP contribution is -2.06. The van der Waals surface area contributed by atoms with Gasteiger partial charge in [0.2, 0.25) is 0 Å². The van der Waals surface area contributed by atoms with Gasteiger partial charge in [-0.2, -0.15) is 4.39 Å². The Morgan fingerprint density at radius 1 is 1.14 bits per heavy atom. The molecule has 29 heavy (non-hydrogen) atoms. The highest BCUT2D eigenvalue weighted by Crippen LogP contribution is 2.30.